The number of thioether (sulfide) groups is 1. The highest BCUT2D eigenvalue weighted by molar-refractivity contribution is 8.33. The molecule has 0 aromatic heterocycles. The second kappa shape index (κ2) is 2.18. The summed E-state index contributed by atoms with van der Waals surface area (Å²) in [7, 11) is 0. The van der Waals surface area contributed by atoms with Crippen molar-refractivity contribution in [2.45, 2.75) is 38.0 Å². The van der Waals surface area contributed by atoms with Crippen molar-refractivity contribution in [3.63, 3.8) is 0 Å². The number of hydrogen-bond donors (Lipinski definition) is 1. The number of rotatable bonds is 0. The van der Waals surface area contributed by atoms with Crippen molar-refractivity contribution < 1.29 is 0 Å². The Morgan fingerprint density at radius 2 is 1.80 bits per heavy atom. The molecule has 0 aromatic carbocycles. The summed E-state index contributed by atoms with van der Waals surface area (Å²) in [5.74, 6) is 0. The first-order valence-electron chi connectivity index (χ1n) is 3.33. The van der Waals surface area contributed by atoms with E-state index < -0.39 is 0 Å². The fourth-order valence-corrected chi connectivity index (χ4v) is 2.71. The third-order valence-electron chi connectivity index (χ3n) is 2.19. The average Bonchev–Trinajstić information content (AvgIpc) is 1.73. The van der Waals surface area contributed by atoms with Crippen LogP contribution in [-0.4, -0.2) is 14.7 Å². The molecule has 0 saturated carbocycles. The number of hydrogen-bond acceptors (Lipinski definition) is 2. The van der Waals surface area contributed by atoms with Crippen LogP contribution in [0.15, 0.2) is 4.99 Å². The molecule has 0 atom stereocenters. The third kappa shape index (κ3) is 1.21. The Kier molecular flexibility index (Phi) is 1.84. The predicted molar refractivity (Wildman–Crippen MR) is 52.2 cm³/mol. The Labute approximate surface area is 72.1 Å². The van der Waals surface area contributed by atoms with Gasteiger partial charge in [-0.15, -0.1) is 12.6 Å². The van der Waals surface area contributed by atoms with Crippen LogP contribution in [0, 0.1) is 0 Å². The highest BCUT2D eigenvalue weighted by atomic mass is 32.2. The van der Waals surface area contributed by atoms with Gasteiger partial charge < -0.3 is 0 Å². The van der Waals surface area contributed by atoms with Gasteiger partial charge in [-0.2, -0.15) is 0 Å². The first-order chi connectivity index (χ1) is 4.35. The predicted octanol–water partition coefficient (Wildman–Crippen LogP) is 2.58. The minimum Gasteiger partial charge on any atom is -0.264 e. The summed E-state index contributed by atoms with van der Waals surface area (Å²) in [4.78, 5) is 4.42. The Morgan fingerprint density at radius 1 is 1.30 bits per heavy atom. The van der Waals surface area contributed by atoms with Gasteiger partial charge in [-0.25, -0.2) is 0 Å². The second-order valence-corrected chi connectivity index (χ2v) is 5.90. The van der Waals surface area contributed by atoms with E-state index in [0.717, 1.165) is 4.38 Å². The molecule has 0 spiro atoms. The van der Waals surface area contributed by atoms with E-state index in [1.165, 1.54) is 0 Å². The SMILES string of the molecule is CC1(C)N=C(S)SC1(C)C. The van der Waals surface area contributed by atoms with Crippen LogP contribution >= 0.6 is 24.4 Å². The van der Waals surface area contributed by atoms with Gasteiger partial charge in [0.25, 0.3) is 0 Å². The van der Waals surface area contributed by atoms with Crippen molar-refractivity contribution in [1.29, 1.82) is 0 Å². The monoisotopic (exact) mass is 175 g/mol. The van der Waals surface area contributed by atoms with Crippen molar-refractivity contribution in [3.05, 3.63) is 0 Å². The van der Waals surface area contributed by atoms with Crippen LogP contribution < -0.4 is 0 Å². The molecular formula is C7H13NS2. The van der Waals surface area contributed by atoms with Gasteiger partial charge in [-0.05, 0) is 27.7 Å². The molecule has 0 radical (unpaired) electrons. The summed E-state index contributed by atoms with van der Waals surface area (Å²) in [6, 6.07) is 0. The molecule has 0 saturated heterocycles. The minimum absolute atomic E-state index is 0.0365. The zero-order chi connectivity index (χ0) is 7.99. The molecule has 0 aromatic rings. The lowest BCUT2D eigenvalue weighted by molar-refractivity contribution is 0.426. The summed E-state index contributed by atoms with van der Waals surface area (Å²) in [5, 5.41) is 0. The molecule has 0 aliphatic carbocycles. The molecular weight excluding hydrogens is 162 g/mol. The second-order valence-electron chi connectivity index (χ2n) is 3.57. The van der Waals surface area contributed by atoms with Crippen LogP contribution in [0.1, 0.15) is 27.7 Å². The molecule has 1 nitrogen and oxygen atoms in total. The molecule has 0 unspecified atom stereocenters. The first-order valence-corrected chi connectivity index (χ1v) is 4.59. The van der Waals surface area contributed by atoms with E-state index in [2.05, 4.69) is 45.3 Å². The van der Waals surface area contributed by atoms with Crippen LogP contribution in [0.4, 0.5) is 0 Å². The molecule has 0 amide bonds. The van der Waals surface area contributed by atoms with Gasteiger partial charge in [0.05, 0.1) is 5.54 Å². The highest BCUT2D eigenvalue weighted by Crippen LogP contribution is 2.45. The van der Waals surface area contributed by atoms with Crippen molar-refractivity contribution >= 4 is 28.8 Å². The van der Waals surface area contributed by atoms with E-state index in [1.54, 1.807) is 11.8 Å². The van der Waals surface area contributed by atoms with Crippen molar-refractivity contribution in [2.75, 3.05) is 0 Å². The Balaban J connectivity index is 2.92. The van der Waals surface area contributed by atoms with Gasteiger partial charge in [-0.1, -0.05) is 11.8 Å². The topological polar surface area (TPSA) is 12.4 Å². The van der Waals surface area contributed by atoms with E-state index in [1.807, 2.05) is 0 Å². The van der Waals surface area contributed by atoms with Crippen molar-refractivity contribution in [2.24, 2.45) is 4.99 Å². The van der Waals surface area contributed by atoms with Crippen molar-refractivity contribution in [1.82, 2.24) is 0 Å². The van der Waals surface area contributed by atoms with E-state index in [0.29, 0.717) is 0 Å². The van der Waals surface area contributed by atoms with Gasteiger partial charge >= 0.3 is 0 Å². The largest absolute Gasteiger partial charge is 0.264 e. The molecule has 0 fully saturated rings. The summed E-state index contributed by atoms with van der Waals surface area (Å²) in [6.45, 7) is 8.68. The van der Waals surface area contributed by atoms with E-state index in [4.69, 9.17) is 0 Å². The zero-order valence-corrected chi connectivity index (χ0v) is 8.51. The maximum Gasteiger partial charge on any atom is 0.122 e. The summed E-state index contributed by atoms with van der Waals surface area (Å²) < 4.78 is 1.11. The Morgan fingerprint density at radius 3 is 1.90 bits per heavy atom. The third-order valence-corrected chi connectivity index (χ3v) is 3.85. The molecule has 1 aliphatic rings. The Hall–Kier alpha value is 0.370. The smallest absolute Gasteiger partial charge is 0.122 e. The van der Waals surface area contributed by atoms with Crippen LogP contribution in [-0.2, 0) is 0 Å². The average molecular weight is 175 g/mol. The molecule has 1 heterocycles. The van der Waals surface area contributed by atoms with E-state index in [-0.39, 0.29) is 10.3 Å². The number of aliphatic imine (C=N–C) groups is 1. The van der Waals surface area contributed by atoms with Crippen LogP contribution in [0.25, 0.3) is 0 Å². The summed E-state index contributed by atoms with van der Waals surface area (Å²) in [5.41, 5.74) is 0.0365. The molecule has 58 valence electrons. The fraction of sp³-hybridized carbons (Fsp3) is 0.857. The lowest BCUT2D eigenvalue weighted by Gasteiger charge is -2.30. The quantitative estimate of drug-likeness (QED) is 0.558. The van der Waals surface area contributed by atoms with Gasteiger partial charge in [0.1, 0.15) is 4.38 Å². The van der Waals surface area contributed by atoms with Crippen LogP contribution in [0.2, 0.25) is 0 Å². The maximum atomic E-state index is 4.42. The fourth-order valence-electron chi connectivity index (χ4n) is 0.750. The van der Waals surface area contributed by atoms with Crippen LogP contribution in [0.3, 0.4) is 0 Å². The van der Waals surface area contributed by atoms with E-state index >= 15 is 0 Å². The van der Waals surface area contributed by atoms with Gasteiger partial charge in [-0.3, -0.25) is 4.99 Å². The Bertz CT molecular complexity index is 182. The molecule has 1 aliphatic heterocycles. The minimum atomic E-state index is 0.0365. The van der Waals surface area contributed by atoms with Gasteiger partial charge in [0.15, 0.2) is 0 Å². The molecule has 10 heavy (non-hydrogen) atoms. The number of nitrogens with zero attached hydrogens (tertiary/aromatic N) is 1. The molecule has 0 bridgehead atoms. The molecule has 3 heteroatoms. The highest BCUT2D eigenvalue weighted by Gasteiger charge is 2.42. The zero-order valence-electron chi connectivity index (χ0n) is 6.80. The summed E-state index contributed by atoms with van der Waals surface area (Å²) in [6.07, 6.45) is 0. The lowest BCUT2D eigenvalue weighted by atomic mass is 9.91. The molecule has 1 rings (SSSR count). The van der Waals surface area contributed by atoms with E-state index in [9.17, 15) is 0 Å². The summed E-state index contributed by atoms with van der Waals surface area (Å²) >= 11 is 5.98. The number of thiol groups is 1. The van der Waals surface area contributed by atoms with Gasteiger partial charge in [0, 0.05) is 4.75 Å². The van der Waals surface area contributed by atoms with Crippen LogP contribution in [0.5, 0.6) is 0 Å². The standard InChI is InChI=1S/C7H13NS2/c1-6(2)7(3,4)10-5(9)8-6/h1-4H3,(H,8,9). The lowest BCUT2D eigenvalue weighted by Crippen LogP contribution is -2.36. The normalized spacial score (nSPS) is 28.3. The maximum absolute atomic E-state index is 4.42. The molecule has 0 N–H and O–H groups in total. The first kappa shape index (κ1) is 8.47. The van der Waals surface area contributed by atoms with Crippen molar-refractivity contribution in [3.8, 4) is 0 Å². The van der Waals surface area contributed by atoms with Gasteiger partial charge in [0.2, 0.25) is 0 Å².